The molecule has 1 heterocycles. The van der Waals surface area contributed by atoms with Crippen LogP contribution in [0.1, 0.15) is 54.3 Å². The molecule has 0 spiro atoms. The van der Waals surface area contributed by atoms with E-state index in [0.717, 1.165) is 31.2 Å². The van der Waals surface area contributed by atoms with Crippen LogP contribution in [0.2, 0.25) is 0 Å². The molecule has 2 N–H and O–H groups in total. The zero-order chi connectivity index (χ0) is 16.8. The van der Waals surface area contributed by atoms with Crippen molar-refractivity contribution in [1.82, 2.24) is 10.6 Å². The first kappa shape index (κ1) is 16.3. The second-order valence-corrected chi connectivity index (χ2v) is 6.14. The standard InChI is InChI=1S/C19H22N2O3/c22-18(16-12-7-13-24-16)21-17(14-8-3-1-4-9-14)19(23)20-15-10-5-2-6-11-15/h1,3-4,7-9,12-13,15,17H,2,5-6,10-11H2,(H,20,23)(H,21,22). The zero-order valence-electron chi connectivity index (χ0n) is 13.5. The van der Waals surface area contributed by atoms with Crippen molar-refractivity contribution in [2.24, 2.45) is 0 Å². The molecule has 1 saturated carbocycles. The molecule has 3 rings (SSSR count). The molecule has 5 nitrogen and oxygen atoms in total. The summed E-state index contributed by atoms with van der Waals surface area (Å²) in [7, 11) is 0. The molecule has 126 valence electrons. The molecule has 0 bridgehead atoms. The Hall–Kier alpha value is -2.56. The van der Waals surface area contributed by atoms with E-state index in [1.165, 1.54) is 12.7 Å². The minimum absolute atomic E-state index is 0.173. The lowest BCUT2D eigenvalue weighted by Crippen LogP contribution is -2.45. The average molecular weight is 326 g/mol. The van der Waals surface area contributed by atoms with Gasteiger partial charge in [0.2, 0.25) is 5.91 Å². The van der Waals surface area contributed by atoms with Gasteiger partial charge in [0, 0.05) is 6.04 Å². The van der Waals surface area contributed by atoms with Crippen molar-refractivity contribution < 1.29 is 14.0 Å². The molecule has 1 fully saturated rings. The molecule has 1 atom stereocenters. The van der Waals surface area contributed by atoms with Gasteiger partial charge >= 0.3 is 0 Å². The van der Waals surface area contributed by atoms with Crippen LogP contribution < -0.4 is 10.6 Å². The monoisotopic (exact) mass is 326 g/mol. The van der Waals surface area contributed by atoms with Crippen LogP contribution in [0.3, 0.4) is 0 Å². The summed E-state index contributed by atoms with van der Waals surface area (Å²) in [5, 5.41) is 5.86. The first-order valence-corrected chi connectivity index (χ1v) is 8.44. The fourth-order valence-electron chi connectivity index (χ4n) is 3.09. The summed E-state index contributed by atoms with van der Waals surface area (Å²) < 4.78 is 5.12. The second-order valence-electron chi connectivity index (χ2n) is 6.14. The summed E-state index contributed by atoms with van der Waals surface area (Å²) >= 11 is 0. The van der Waals surface area contributed by atoms with Gasteiger partial charge in [0.15, 0.2) is 5.76 Å². The highest BCUT2D eigenvalue weighted by molar-refractivity contribution is 5.96. The summed E-state index contributed by atoms with van der Waals surface area (Å²) in [6, 6.07) is 12.0. The van der Waals surface area contributed by atoms with E-state index in [2.05, 4.69) is 10.6 Å². The predicted molar refractivity (Wildman–Crippen MR) is 90.4 cm³/mol. The second kappa shape index (κ2) is 7.81. The highest BCUT2D eigenvalue weighted by atomic mass is 16.3. The number of benzene rings is 1. The lowest BCUT2D eigenvalue weighted by atomic mass is 9.95. The number of furan rings is 1. The SMILES string of the molecule is O=C(NC(C(=O)NC1CCCCC1)c1ccccc1)c1ccco1. The van der Waals surface area contributed by atoms with Crippen molar-refractivity contribution in [2.75, 3.05) is 0 Å². The summed E-state index contributed by atoms with van der Waals surface area (Å²) in [5.74, 6) is -0.373. The lowest BCUT2D eigenvalue weighted by molar-refractivity contribution is -0.124. The van der Waals surface area contributed by atoms with Gasteiger partial charge in [0.05, 0.1) is 6.26 Å². The van der Waals surface area contributed by atoms with Gasteiger partial charge in [0.1, 0.15) is 6.04 Å². The molecule has 1 aromatic heterocycles. The van der Waals surface area contributed by atoms with Gasteiger partial charge in [-0.15, -0.1) is 0 Å². The van der Waals surface area contributed by atoms with Crippen LogP contribution in [-0.4, -0.2) is 17.9 Å². The quantitative estimate of drug-likeness (QED) is 0.886. The molecule has 0 radical (unpaired) electrons. The summed E-state index contributed by atoms with van der Waals surface area (Å²) in [6.45, 7) is 0. The molecule has 2 aromatic rings. The Labute approximate surface area is 141 Å². The largest absolute Gasteiger partial charge is 0.459 e. The fraction of sp³-hybridized carbons (Fsp3) is 0.368. The van der Waals surface area contributed by atoms with Gasteiger partial charge in [-0.05, 0) is 30.5 Å². The number of nitrogens with one attached hydrogen (secondary N) is 2. The van der Waals surface area contributed by atoms with E-state index in [9.17, 15) is 9.59 Å². The van der Waals surface area contributed by atoms with Gasteiger partial charge in [-0.25, -0.2) is 0 Å². The van der Waals surface area contributed by atoms with Crippen molar-refractivity contribution in [3.63, 3.8) is 0 Å². The highest BCUT2D eigenvalue weighted by Crippen LogP contribution is 2.20. The summed E-state index contributed by atoms with van der Waals surface area (Å²) in [4.78, 5) is 25.1. The Morgan fingerprint density at radius 1 is 1.00 bits per heavy atom. The highest BCUT2D eigenvalue weighted by Gasteiger charge is 2.26. The first-order chi connectivity index (χ1) is 11.7. The van der Waals surface area contributed by atoms with Crippen molar-refractivity contribution in [2.45, 2.75) is 44.2 Å². The molecule has 1 aliphatic carbocycles. The first-order valence-electron chi connectivity index (χ1n) is 8.44. The maximum absolute atomic E-state index is 12.8. The Balaban J connectivity index is 1.74. The number of rotatable bonds is 5. The van der Waals surface area contributed by atoms with Crippen LogP contribution in [0.25, 0.3) is 0 Å². The van der Waals surface area contributed by atoms with Crippen LogP contribution >= 0.6 is 0 Å². The Morgan fingerprint density at radius 2 is 1.75 bits per heavy atom. The van der Waals surface area contributed by atoms with Crippen LogP contribution in [0.4, 0.5) is 0 Å². The molecule has 5 heteroatoms. The Morgan fingerprint density at radius 3 is 2.42 bits per heavy atom. The van der Waals surface area contributed by atoms with E-state index < -0.39 is 11.9 Å². The third kappa shape index (κ3) is 4.04. The number of hydrogen-bond donors (Lipinski definition) is 2. The smallest absolute Gasteiger partial charge is 0.287 e. The summed E-state index contributed by atoms with van der Waals surface area (Å²) in [6.07, 6.45) is 6.94. The molecular formula is C19H22N2O3. The number of carbonyl (C=O) groups is 2. The molecule has 1 aromatic carbocycles. The lowest BCUT2D eigenvalue weighted by Gasteiger charge is -2.26. The van der Waals surface area contributed by atoms with E-state index in [4.69, 9.17) is 4.42 Å². The fourth-order valence-corrected chi connectivity index (χ4v) is 3.09. The molecule has 2 amide bonds. The van der Waals surface area contributed by atoms with Crippen LogP contribution in [0.15, 0.2) is 53.1 Å². The molecule has 1 aliphatic rings. The maximum atomic E-state index is 12.8. The average Bonchev–Trinajstić information content (AvgIpc) is 3.16. The Bertz CT molecular complexity index is 661. The van der Waals surface area contributed by atoms with Gasteiger partial charge in [-0.3, -0.25) is 9.59 Å². The number of hydrogen-bond acceptors (Lipinski definition) is 3. The predicted octanol–water partition coefficient (Wildman–Crippen LogP) is 3.20. The van der Waals surface area contributed by atoms with Crippen LogP contribution in [0.5, 0.6) is 0 Å². The van der Waals surface area contributed by atoms with Crippen molar-refractivity contribution in [3.8, 4) is 0 Å². The van der Waals surface area contributed by atoms with Crippen molar-refractivity contribution in [3.05, 3.63) is 60.1 Å². The van der Waals surface area contributed by atoms with Crippen molar-refractivity contribution >= 4 is 11.8 Å². The van der Waals surface area contributed by atoms with Gasteiger partial charge in [0.25, 0.3) is 5.91 Å². The minimum atomic E-state index is -0.731. The van der Waals surface area contributed by atoms with E-state index >= 15 is 0 Å². The maximum Gasteiger partial charge on any atom is 0.287 e. The minimum Gasteiger partial charge on any atom is -0.459 e. The number of amides is 2. The Kier molecular flexibility index (Phi) is 5.31. The van der Waals surface area contributed by atoms with Crippen LogP contribution in [-0.2, 0) is 4.79 Å². The van der Waals surface area contributed by atoms with E-state index in [1.807, 2.05) is 30.3 Å². The molecule has 24 heavy (non-hydrogen) atoms. The van der Waals surface area contributed by atoms with Crippen molar-refractivity contribution in [1.29, 1.82) is 0 Å². The molecular weight excluding hydrogens is 304 g/mol. The third-order valence-corrected chi connectivity index (χ3v) is 4.37. The topological polar surface area (TPSA) is 71.3 Å². The third-order valence-electron chi connectivity index (χ3n) is 4.37. The molecule has 0 saturated heterocycles. The molecule has 1 unspecified atom stereocenters. The van der Waals surface area contributed by atoms with Gasteiger partial charge in [-0.1, -0.05) is 49.6 Å². The normalized spacial score (nSPS) is 16.3. The van der Waals surface area contributed by atoms with Gasteiger partial charge < -0.3 is 15.1 Å². The van der Waals surface area contributed by atoms with E-state index in [-0.39, 0.29) is 17.7 Å². The van der Waals surface area contributed by atoms with Gasteiger partial charge in [-0.2, -0.15) is 0 Å². The van der Waals surface area contributed by atoms with E-state index in [1.54, 1.807) is 12.1 Å². The summed E-state index contributed by atoms with van der Waals surface area (Å²) in [5.41, 5.74) is 0.755. The number of carbonyl (C=O) groups excluding carboxylic acids is 2. The molecule has 0 aliphatic heterocycles. The van der Waals surface area contributed by atoms with E-state index in [0.29, 0.717) is 0 Å². The van der Waals surface area contributed by atoms with Crippen LogP contribution in [0, 0.1) is 0 Å². The zero-order valence-corrected chi connectivity index (χ0v) is 13.5.